The number of Topliss-reactive ketones (excluding diaryl/α,β-unsaturated/α-hetero) is 1. The van der Waals surface area contributed by atoms with Crippen molar-refractivity contribution in [1.29, 1.82) is 0 Å². The molecule has 0 saturated heterocycles. The summed E-state index contributed by atoms with van der Waals surface area (Å²) in [4.78, 5) is 11.7. The third-order valence-electron chi connectivity index (χ3n) is 3.80. The van der Waals surface area contributed by atoms with Crippen LogP contribution in [-0.4, -0.2) is 12.9 Å². The van der Waals surface area contributed by atoms with Crippen LogP contribution in [0.5, 0.6) is 5.75 Å². The minimum absolute atomic E-state index is 0.430. The second-order valence-corrected chi connectivity index (χ2v) is 5.37. The van der Waals surface area contributed by atoms with Gasteiger partial charge in [0.2, 0.25) is 0 Å². The summed E-state index contributed by atoms with van der Waals surface area (Å²) in [6, 6.07) is 6.34. The zero-order chi connectivity index (χ0) is 13.0. The number of rotatable bonds is 1. The van der Waals surface area contributed by atoms with Crippen molar-refractivity contribution in [1.82, 2.24) is 0 Å². The van der Waals surface area contributed by atoms with Gasteiger partial charge in [-0.3, -0.25) is 4.79 Å². The van der Waals surface area contributed by atoms with Gasteiger partial charge in [-0.25, -0.2) is 0 Å². The summed E-state index contributed by atoms with van der Waals surface area (Å²) >= 11 is 0. The normalized spacial score (nSPS) is 21.2. The first-order valence-corrected chi connectivity index (χ1v) is 6.86. The Bertz CT molecular complexity index is 423. The smallest absolute Gasteiger partial charge is 0.133 e. The van der Waals surface area contributed by atoms with Gasteiger partial charge >= 0.3 is 0 Å². The van der Waals surface area contributed by atoms with Gasteiger partial charge in [0, 0.05) is 12.8 Å². The lowest BCUT2D eigenvalue weighted by atomic mass is 9.89. The van der Waals surface area contributed by atoms with Crippen LogP contribution < -0.4 is 4.74 Å². The highest BCUT2D eigenvalue weighted by Crippen LogP contribution is 2.24. The molecule has 2 nitrogen and oxygen atoms in total. The van der Waals surface area contributed by atoms with E-state index < -0.39 is 0 Å². The zero-order valence-corrected chi connectivity index (χ0v) is 11.4. The van der Waals surface area contributed by atoms with Gasteiger partial charge in [-0.2, -0.15) is 0 Å². The molecule has 1 aromatic rings. The molecular formula is C16H22O2. The molecule has 0 saturated carbocycles. The molecule has 0 spiro atoms. The third kappa shape index (κ3) is 3.34. The van der Waals surface area contributed by atoms with Gasteiger partial charge in [0.25, 0.3) is 0 Å². The van der Waals surface area contributed by atoms with Gasteiger partial charge in [-0.1, -0.05) is 13.0 Å². The van der Waals surface area contributed by atoms with Gasteiger partial charge in [0.05, 0.1) is 7.11 Å². The summed E-state index contributed by atoms with van der Waals surface area (Å²) in [7, 11) is 1.71. The molecule has 1 atom stereocenters. The largest absolute Gasteiger partial charge is 0.497 e. The first-order chi connectivity index (χ1) is 8.69. The molecule has 1 unspecified atom stereocenters. The number of aryl methyl sites for hydroxylation is 2. The predicted molar refractivity (Wildman–Crippen MR) is 73.0 cm³/mol. The Hall–Kier alpha value is -1.31. The number of ketones is 1. The number of hydrogen-bond acceptors (Lipinski definition) is 2. The Balaban J connectivity index is 2.20. The van der Waals surface area contributed by atoms with Crippen LogP contribution in [0, 0.1) is 5.92 Å². The van der Waals surface area contributed by atoms with Crippen LogP contribution in [-0.2, 0) is 17.6 Å². The molecule has 1 aliphatic carbocycles. The van der Waals surface area contributed by atoms with E-state index in [0.717, 1.165) is 44.3 Å². The maximum atomic E-state index is 11.7. The summed E-state index contributed by atoms with van der Waals surface area (Å²) in [6.07, 6.45) is 5.62. The second-order valence-electron chi connectivity index (χ2n) is 5.37. The minimum Gasteiger partial charge on any atom is -0.497 e. The first kappa shape index (κ1) is 13.1. The van der Waals surface area contributed by atoms with Crippen molar-refractivity contribution in [2.75, 3.05) is 7.11 Å². The molecule has 1 aromatic carbocycles. The number of methoxy groups -OCH3 is 1. The van der Waals surface area contributed by atoms with Crippen molar-refractivity contribution in [2.24, 2.45) is 5.92 Å². The standard InChI is InChI=1S/C16H22O2/c1-12-6-7-14-11-16(18-2)9-8-13(14)4-3-5-15(17)10-12/h8-9,11-12H,3-7,10H2,1-2H3. The lowest BCUT2D eigenvalue weighted by Gasteiger charge is -2.16. The van der Waals surface area contributed by atoms with Crippen molar-refractivity contribution in [3.8, 4) is 5.75 Å². The van der Waals surface area contributed by atoms with E-state index in [4.69, 9.17) is 4.74 Å². The molecule has 1 aliphatic rings. The van der Waals surface area contributed by atoms with Crippen molar-refractivity contribution >= 4 is 5.78 Å². The van der Waals surface area contributed by atoms with Crippen LogP contribution in [0.1, 0.15) is 43.7 Å². The van der Waals surface area contributed by atoms with E-state index in [-0.39, 0.29) is 0 Å². The number of hydrogen-bond donors (Lipinski definition) is 0. The highest BCUT2D eigenvalue weighted by Gasteiger charge is 2.14. The minimum atomic E-state index is 0.430. The van der Waals surface area contributed by atoms with Crippen LogP contribution >= 0.6 is 0 Å². The monoisotopic (exact) mass is 246 g/mol. The molecule has 0 aromatic heterocycles. The molecule has 0 aliphatic heterocycles. The maximum Gasteiger partial charge on any atom is 0.133 e. The average molecular weight is 246 g/mol. The molecular weight excluding hydrogens is 224 g/mol. The van der Waals surface area contributed by atoms with E-state index in [9.17, 15) is 4.79 Å². The number of benzene rings is 1. The Kier molecular flexibility index (Phi) is 4.40. The summed E-state index contributed by atoms with van der Waals surface area (Å²) in [5, 5.41) is 0. The van der Waals surface area contributed by atoms with Gasteiger partial charge in [0.1, 0.15) is 11.5 Å². The van der Waals surface area contributed by atoms with E-state index in [1.807, 2.05) is 6.07 Å². The topological polar surface area (TPSA) is 26.3 Å². The fourth-order valence-electron chi connectivity index (χ4n) is 2.68. The molecule has 0 fully saturated rings. The van der Waals surface area contributed by atoms with E-state index in [1.54, 1.807) is 7.11 Å². The van der Waals surface area contributed by atoms with Crippen molar-refractivity contribution in [2.45, 2.75) is 45.4 Å². The van der Waals surface area contributed by atoms with E-state index in [0.29, 0.717) is 11.7 Å². The lowest BCUT2D eigenvalue weighted by Crippen LogP contribution is -2.10. The molecule has 0 heterocycles. The van der Waals surface area contributed by atoms with Crippen molar-refractivity contribution in [3.63, 3.8) is 0 Å². The lowest BCUT2D eigenvalue weighted by molar-refractivity contribution is -0.120. The summed E-state index contributed by atoms with van der Waals surface area (Å²) in [5.74, 6) is 1.86. The van der Waals surface area contributed by atoms with Crippen LogP contribution in [0.3, 0.4) is 0 Å². The van der Waals surface area contributed by atoms with Gasteiger partial charge in [-0.05, 0) is 54.9 Å². The number of carbonyl (C=O) groups excluding carboxylic acids is 1. The SMILES string of the molecule is COc1ccc2c(c1)CCC(C)CC(=O)CCC2. The quantitative estimate of drug-likeness (QED) is 0.757. The molecule has 18 heavy (non-hydrogen) atoms. The molecule has 0 N–H and O–H groups in total. The highest BCUT2D eigenvalue weighted by atomic mass is 16.5. The molecule has 2 rings (SSSR count). The molecule has 0 bridgehead atoms. The zero-order valence-electron chi connectivity index (χ0n) is 11.4. The number of ether oxygens (including phenoxy) is 1. The van der Waals surface area contributed by atoms with Crippen LogP contribution in [0.4, 0.5) is 0 Å². The van der Waals surface area contributed by atoms with Gasteiger partial charge < -0.3 is 4.74 Å². The fourth-order valence-corrected chi connectivity index (χ4v) is 2.68. The van der Waals surface area contributed by atoms with Gasteiger partial charge in [0.15, 0.2) is 0 Å². The number of fused-ring (bicyclic) bond motifs is 1. The van der Waals surface area contributed by atoms with E-state index >= 15 is 0 Å². The molecule has 98 valence electrons. The molecule has 2 heteroatoms. The average Bonchev–Trinajstić information content (AvgIpc) is 2.36. The molecule has 0 amide bonds. The fraction of sp³-hybridized carbons (Fsp3) is 0.562. The van der Waals surface area contributed by atoms with Gasteiger partial charge in [-0.15, -0.1) is 0 Å². The third-order valence-corrected chi connectivity index (χ3v) is 3.80. The second kappa shape index (κ2) is 6.03. The maximum absolute atomic E-state index is 11.7. The Morgan fingerprint density at radius 1 is 1.17 bits per heavy atom. The van der Waals surface area contributed by atoms with E-state index in [2.05, 4.69) is 19.1 Å². The highest BCUT2D eigenvalue weighted by molar-refractivity contribution is 5.78. The van der Waals surface area contributed by atoms with Crippen LogP contribution in [0.25, 0.3) is 0 Å². The van der Waals surface area contributed by atoms with Crippen molar-refractivity contribution < 1.29 is 9.53 Å². The van der Waals surface area contributed by atoms with Crippen molar-refractivity contribution in [3.05, 3.63) is 29.3 Å². The Morgan fingerprint density at radius 3 is 2.78 bits per heavy atom. The Labute approximate surface area is 109 Å². The van der Waals surface area contributed by atoms with Crippen LogP contribution in [0.15, 0.2) is 18.2 Å². The first-order valence-electron chi connectivity index (χ1n) is 6.86. The summed E-state index contributed by atoms with van der Waals surface area (Å²) < 4.78 is 5.30. The summed E-state index contributed by atoms with van der Waals surface area (Å²) in [5.41, 5.74) is 2.79. The summed E-state index contributed by atoms with van der Waals surface area (Å²) in [6.45, 7) is 2.18. The van der Waals surface area contributed by atoms with E-state index in [1.165, 1.54) is 11.1 Å². The number of carbonyl (C=O) groups is 1. The molecule has 0 radical (unpaired) electrons. The Morgan fingerprint density at radius 2 is 2.00 bits per heavy atom. The van der Waals surface area contributed by atoms with Crippen LogP contribution in [0.2, 0.25) is 0 Å². The predicted octanol–water partition coefficient (Wildman–Crippen LogP) is 3.56.